The maximum absolute atomic E-state index is 5.01. The summed E-state index contributed by atoms with van der Waals surface area (Å²) in [6.07, 6.45) is 10.4. The fourth-order valence-electron chi connectivity index (χ4n) is 3.27. The van der Waals surface area contributed by atoms with Crippen LogP contribution in [0.1, 0.15) is 57.4 Å². The van der Waals surface area contributed by atoms with Gasteiger partial charge in [0.05, 0.1) is 5.54 Å². The van der Waals surface area contributed by atoms with Crippen molar-refractivity contribution in [3.63, 3.8) is 0 Å². The zero-order valence-corrected chi connectivity index (χ0v) is 13.8. The Bertz CT molecular complexity index is 486. The molecule has 0 saturated heterocycles. The van der Waals surface area contributed by atoms with Gasteiger partial charge in [0.1, 0.15) is 0 Å². The van der Waals surface area contributed by atoms with Crippen LogP contribution in [0, 0.1) is 0 Å². The van der Waals surface area contributed by atoms with E-state index in [-0.39, 0.29) is 5.54 Å². The van der Waals surface area contributed by atoms with Crippen molar-refractivity contribution < 1.29 is 0 Å². The van der Waals surface area contributed by atoms with E-state index in [2.05, 4.69) is 36.5 Å². The smallest absolute Gasteiger partial charge is 0.161 e. The summed E-state index contributed by atoms with van der Waals surface area (Å²) in [5.74, 6) is 1.17. The van der Waals surface area contributed by atoms with Crippen LogP contribution in [0.3, 0.4) is 0 Å². The van der Waals surface area contributed by atoms with Crippen LogP contribution in [-0.2, 0) is 6.42 Å². The molecule has 3 heteroatoms. The number of aliphatic imine (C=N–C) groups is 1. The Balaban J connectivity index is 1.60. The summed E-state index contributed by atoms with van der Waals surface area (Å²) >= 11 is 1.90. The predicted molar refractivity (Wildman–Crippen MR) is 94.4 cm³/mol. The average Bonchev–Trinajstić information content (AvgIpc) is 2.89. The van der Waals surface area contributed by atoms with Crippen molar-refractivity contribution in [1.82, 2.24) is 0 Å². The van der Waals surface area contributed by atoms with E-state index in [1.807, 2.05) is 11.8 Å². The topological polar surface area (TPSA) is 24.4 Å². The van der Waals surface area contributed by atoms with E-state index in [0.29, 0.717) is 0 Å². The van der Waals surface area contributed by atoms with Gasteiger partial charge in [0, 0.05) is 11.4 Å². The fraction of sp³-hybridized carbons (Fsp3) is 0.611. The van der Waals surface area contributed by atoms with Crippen LogP contribution in [0.15, 0.2) is 29.3 Å². The first kappa shape index (κ1) is 15.0. The van der Waals surface area contributed by atoms with Crippen molar-refractivity contribution in [2.24, 2.45) is 4.99 Å². The van der Waals surface area contributed by atoms with Gasteiger partial charge in [-0.05, 0) is 43.4 Å². The summed E-state index contributed by atoms with van der Waals surface area (Å²) in [5, 5.41) is 4.63. The number of aryl methyl sites for hydroxylation is 1. The van der Waals surface area contributed by atoms with Gasteiger partial charge in [0.15, 0.2) is 5.17 Å². The molecule has 1 heterocycles. The molecule has 2 nitrogen and oxygen atoms in total. The number of benzene rings is 1. The molecule has 114 valence electrons. The molecule has 1 aliphatic heterocycles. The normalized spacial score (nSPS) is 20.5. The summed E-state index contributed by atoms with van der Waals surface area (Å²) in [6, 6.07) is 8.88. The number of hydrogen-bond acceptors (Lipinski definition) is 3. The van der Waals surface area contributed by atoms with E-state index in [9.17, 15) is 0 Å². The molecule has 2 aliphatic rings. The lowest BCUT2D eigenvalue weighted by molar-refractivity contribution is 0.335. The number of unbranched alkanes of at least 4 members (excludes halogenated alkanes) is 1. The van der Waals surface area contributed by atoms with Crippen molar-refractivity contribution in [1.29, 1.82) is 0 Å². The van der Waals surface area contributed by atoms with Gasteiger partial charge in [-0.3, -0.25) is 4.99 Å². The third kappa shape index (κ3) is 3.82. The van der Waals surface area contributed by atoms with E-state index in [4.69, 9.17) is 4.99 Å². The first-order valence-electron chi connectivity index (χ1n) is 8.38. The van der Waals surface area contributed by atoms with Gasteiger partial charge in [-0.2, -0.15) is 0 Å². The van der Waals surface area contributed by atoms with Crippen molar-refractivity contribution in [2.45, 2.75) is 63.8 Å². The second kappa shape index (κ2) is 6.87. The van der Waals surface area contributed by atoms with E-state index >= 15 is 0 Å². The van der Waals surface area contributed by atoms with E-state index in [0.717, 1.165) is 5.17 Å². The lowest BCUT2D eigenvalue weighted by Crippen LogP contribution is -2.29. The van der Waals surface area contributed by atoms with Crippen LogP contribution in [0.2, 0.25) is 0 Å². The Morgan fingerprint density at radius 1 is 1.14 bits per heavy atom. The number of nitrogens with zero attached hydrogens (tertiary/aromatic N) is 1. The molecule has 0 radical (unpaired) electrons. The maximum Gasteiger partial charge on any atom is 0.161 e. The van der Waals surface area contributed by atoms with E-state index < -0.39 is 0 Å². The number of amidine groups is 1. The Labute approximate surface area is 132 Å². The summed E-state index contributed by atoms with van der Waals surface area (Å²) in [6.45, 7) is 2.24. The maximum atomic E-state index is 5.01. The van der Waals surface area contributed by atoms with E-state index in [1.165, 1.54) is 68.4 Å². The molecule has 0 unspecified atom stereocenters. The lowest BCUT2D eigenvalue weighted by atomic mass is 9.84. The third-order valence-electron chi connectivity index (χ3n) is 4.62. The third-order valence-corrected chi connectivity index (χ3v) is 5.77. The molecular weight excluding hydrogens is 276 g/mol. The Morgan fingerprint density at radius 3 is 2.62 bits per heavy atom. The average molecular weight is 302 g/mol. The van der Waals surface area contributed by atoms with Gasteiger partial charge in [-0.1, -0.05) is 56.5 Å². The Morgan fingerprint density at radius 2 is 1.90 bits per heavy atom. The number of nitrogens with one attached hydrogen (secondary N) is 1. The van der Waals surface area contributed by atoms with Gasteiger partial charge in [-0.15, -0.1) is 0 Å². The van der Waals surface area contributed by atoms with Gasteiger partial charge in [-0.25, -0.2) is 0 Å². The number of anilines is 1. The standard InChI is InChI=1S/C18H26N2S/c1-2-3-7-15-8-10-16(11-9-15)19-17-20-18(14-21-17)12-5-4-6-13-18/h8-11H,2-7,12-14H2,1H3,(H,19,20). The summed E-state index contributed by atoms with van der Waals surface area (Å²) in [4.78, 5) is 5.01. The van der Waals surface area contributed by atoms with Crippen molar-refractivity contribution in [2.75, 3.05) is 11.1 Å². The molecule has 1 aliphatic carbocycles. The minimum atomic E-state index is 0.256. The highest BCUT2D eigenvalue weighted by molar-refractivity contribution is 8.14. The molecule has 1 fully saturated rings. The second-order valence-electron chi connectivity index (χ2n) is 6.42. The zero-order chi connectivity index (χ0) is 14.5. The van der Waals surface area contributed by atoms with Gasteiger partial charge in [0.2, 0.25) is 0 Å². The van der Waals surface area contributed by atoms with Crippen molar-refractivity contribution in [3.05, 3.63) is 29.8 Å². The molecule has 1 saturated carbocycles. The quantitative estimate of drug-likeness (QED) is 0.821. The van der Waals surface area contributed by atoms with E-state index in [1.54, 1.807) is 0 Å². The number of thioether (sulfide) groups is 1. The molecule has 0 atom stereocenters. The van der Waals surface area contributed by atoms with Crippen LogP contribution in [0.4, 0.5) is 5.69 Å². The minimum absolute atomic E-state index is 0.256. The highest BCUT2D eigenvalue weighted by Crippen LogP contribution is 2.39. The van der Waals surface area contributed by atoms with Crippen molar-refractivity contribution in [3.8, 4) is 0 Å². The van der Waals surface area contributed by atoms with Crippen molar-refractivity contribution >= 4 is 22.6 Å². The molecular formula is C18H26N2S. The molecule has 0 bridgehead atoms. The van der Waals surface area contributed by atoms with Gasteiger partial charge in [0.25, 0.3) is 0 Å². The summed E-state index contributed by atoms with van der Waals surface area (Å²) in [5.41, 5.74) is 2.87. The first-order valence-corrected chi connectivity index (χ1v) is 9.37. The summed E-state index contributed by atoms with van der Waals surface area (Å²) < 4.78 is 0. The Kier molecular flexibility index (Phi) is 4.89. The van der Waals surface area contributed by atoms with Gasteiger partial charge < -0.3 is 5.32 Å². The summed E-state index contributed by atoms with van der Waals surface area (Å²) in [7, 11) is 0. The van der Waals surface area contributed by atoms with Crippen LogP contribution in [0.5, 0.6) is 0 Å². The monoisotopic (exact) mass is 302 g/mol. The zero-order valence-electron chi connectivity index (χ0n) is 13.0. The molecule has 3 rings (SSSR count). The highest BCUT2D eigenvalue weighted by Gasteiger charge is 2.36. The second-order valence-corrected chi connectivity index (χ2v) is 7.38. The molecule has 0 aromatic heterocycles. The van der Waals surface area contributed by atoms with Crippen LogP contribution >= 0.6 is 11.8 Å². The molecule has 1 spiro atoms. The predicted octanol–water partition coefficient (Wildman–Crippen LogP) is 5.25. The largest absolute Gasteiger partial charge is 0.335 e. The van der Waals surface area contributed by atoms with Crippen LogP contribution in [-0.4, -0.2) is 16.5 Å². The molecule has 0 amide bonds. The fourth-order valence-corrected chi connectivity index (χ4v) is 4.48. The molecule has 1 aromatic carbocycles. The lowest BCUT2D eigenvalue weighted by Gasteiger charge is -2.29. The first-order chi connectivity index (χ1) is 10.3. The molecule has 1 N–H and O–H groups in total. The van der Waals surface area contributed by atoms with Crippen LogP contribution < -0.4 is 5.32 Å². The van der Waals surface area contributed by atoms with Gasteiger partial charge >= 0.3 is 0 Å². The molecule has 1 aromatic rings. The van der Waals surface area contributed by atoms with Crippen LogP contribution in [0.25, 0.3) is 0 Å². The highest BCUT2D eigenvalue weighted by atomic mass is 32.2. The Hall–Kier alpha value is -0.960. The molecule has 21 heavy (non-hydrogen) atoms. The SMILES string of the molecule is CCCCc1ccc(NC2=NC3(CCCCC3)CS2)cc1. The minimum Gasteiger partial charge on any atom is -0.335 e. The number of rotatable bonds is 4. The number of hydrogen-bond donors (Lipinski definition) is 1.